The molecule has 1 saturated heterocycles. The second kappa shape index (κ2) is 10.9. The standard InChI is InChI=1S/C33H29Cl2N5O/c34-27-18-24-21-39(25-6-2-1-3-7-25)32(36-30(24)19-28(27)35)23-12-10-22(11-13-23)20-38-16-14-26(15-17-38)40-31-9-5-4-8-29(31)37-33(40)41/h1-13,18-19,26H,14-17,20-21H2,(H,37,41). The fourth-order valence-electron chi connectivity index (χ4n) is 6.06. The van der Waals surface area contributed by atoms with E-state index in [2.05, 4.69) is 51.2 Å². The average Bonchev–Trinajstić information content (AvgIpc) is 3.34. The van der Waals surface area contributed by atoms with Gasteiger partial charge in [0.1, 0.15) is 5.84 Å². The van der Waals surface area contributed by atoms with Gasteiger partial charge in [-0.25, -0.2) is 9.79 Å². The Morgan fingerprint density at radius 2 is 1.56 bits per heavy atom. The summed E-state index contributed by atoms with van der Waals surface area (Å²) in [4.78, 5) is 25.4. The number of rotatable bonds is 5. The summed E-state index contributed by atoms with van der Waals surface area (Å²) in [5.74, 6) is 0.888. The first kappa shape index (κ1) is 26.1. The lowest BCUT2D eigenvalue weighted by atomic mass is 10.0. The monoisotopic (exact) mass is 581 g/mol. The Hall–Kier alpha value is -3.84. The van der Waals surface area contributed by atoms with E-state index in [9.17, 15) is 4.79 Å². The number of likely N-dealkylation sites (tertiary alicyclic amines) is 1. The molecule has 2 aliphatic rings. The van der Waals surface area contributed by atoms with Crippen molar-refractivity contribution in [2.45, 2.75) is 32.0 Å². The molecule has 8 heteroatoms. The lowest BCUT2D eigenvalue weighted by Gasteiger charge is -2.33. The maximum absolute atomic E-state index is 12.7. The summed E-state index contributed by atoms with van der Waals surface area (Å²) < 4.78 is 1.95. The minimum atomic E-state index is -0.0107. The molecule has 0 bridgehead atoms. The third-order valence-corrected chi connectivity index (χ3v) is 8.89. The normalized spacial score (nSPS) is 16.1. The van der Waals surface area contributed by atoms with Crippen LogP contribution < -0.4 is 10.6 Å². The SMILES string of the molecule is O=c1[nH]c2ccccc2n1C1CCN(Cc2ccc(C3=Nc4cc(Cl)c(Cl)cc4CN3c3ccccc3)cc2)CC1. The van der Waals surface area contributed by atoms with Crippen LogP contribution >= 0.6 is 23.2 Å². The first-order chi connectivity index (χ1) is 20.0. The van der Waals surface area contributed by atoms with Gasteiger partial charge in [0.05, 0.1) is 33.3 Å². The Bertz CT molecular complexity index is 1800. The van der Waals surface area contributed by atoms with Crippen LogP contribution in [-0.2, 0) is 13.1 Å². The van der Waals surface area contributed by atoms with Gasteiger partial charge in [-0.2, -0.15) is 0 Å². The zero-order valence-electron chi connectivity index (χ0n) is 22.4. The number of anilines is 1. The van der Waals surface area contributed by atoms with Crippen molar-refractivity contribution in [3.8, 4) is 0 Å². The molecule has 1 fully saturated rings. The fourth-order valence-corrected chi connectivity index (χ4v) is 6.40. The zero-order valence-corrected chi connectivity index (χ0v) is 23.9. The van der Waals surface area contributed by atoms with E-state index in [1.54, 1.807) is 0 Å². The van der Waals surface area contributed by atoms with Crippen molar-refractivity contribution in [1.29, 1.82) is 0 Å². The average molecular weight is 583 g/mol. The molecule has 0 atom stereocenters. The number of hydrogen-bond acceptors (Lipinski definition) is 4. The number of piperidine rings is 1. The molecule has 206 valence electrons. The molecule has 1 aromatic heterocycles. The van der Waals surface area contributed by atoms with E-state index in [0.717, 1.165) is 71.8 Å². The highest BCUT2D eigenvalue weighted by Crippen LogP contribution is 2.37. The van der Waals surface area contributed by atoms with Gasteiger partial charge >= 0.3 is 5.69 Å². The van der Waals surface area contributed by atoms with Crippen LogP contribution in [0.15, 0.2) is 101 Å². The number of aromatic nitrogens is 2. The number of benzene rings is 4. The first-order valence-electron chi connectivity index (χ1n) is 13.9. The summed E-state index contributed by atoms with van der Waals surface area (Å²) in [6.07, 6.45) is 1.91. The van der Waals surface area contributed by atoms with Gasteiger partial charge < -0.3 is 9.88 Å². The van der Waals surface area contributed by atoms with Crippen LogP contribution in [0.1, 0.15) is 35.6 Å². The smallest absolute Gasteiger partial charge is 0.321 e. The number of hydrogen-bond donors (Lipinski definition) is 1. The predicted octanol–water partition coefficient (Wildman–Crippen LogP) is 7.57. The van der Waals surface area contributed by atoms with E-state index < -0.39 is 0 Å². The molecule has 0 amide bonds. The van der Waals surface area contributed by atoms with Crippen molar-refractivity contribution in [3.63, 3.8) is 0 Å². The first-order valence-corrected chi connectivity index (χ1v) is 14.7. The summed E-state index contributed by atoms with van der Waals surface area (Å²) in [5, 5.41) is 1.05. The van der Waals surface area contributed by atoms with Crippen LogP contribution in [0, 0.1) is 0 Å². The highest BCUT2D eigenvalue weighted by Gasteiger charge is 2.25. The van der Waals surface area contributed by atoms with Crippen LogP contribution in [-0.4, -0.2) is 33.4 Å². The maximum atomic E-state index is 12.7. The number of para-hydroxylation sites is 3. The highest BCUT2D eigenvalue weighted by atomic mass is 35.5. The third kappa shape index (κ3) is 5.08. The van der Waals surface area contributed by atoms with E-state index in [-0.39, 0.29) is 11.7 Å². The summed E-state index contributed by atoms with van der Waals surface area (Å²) in [6.45, 7) is 3.44. The van der Waals surface area contributed by atoms with Crippen LogP contribution in [0.3, 0.4) is 0 Å². The van der Waals surface area contributed by atoms with Crippen molar-refractivity contribution < 1.29 is 0 Å². The number of nitrogens with zero attached hydrogens (tertiary/aromatic N) is 4. The Balaban J connectivity index is 1.09. The lowest BCUT2D eigenvalue weighted by molar-refractivity contribution is 0.180. The number of amidine groups is 1. The second-order valence-corrected chi connectivity index (χ2v) is 11.6. The molecule has 2 aliphatic heterocycles. The van der Waals surface area contributed by atoms with Gasteiger partial charge in [0.25, 0.3) is 0 Å². The number of H-pyrrole nitrogens is 1. The van der Waals surface area contributed by atoms with Gasteiger partial charge in [0.15, 0.2) is 0 Å². The summed E-state index contributed by atoms with van der Waals surface area (Å²) in [5.41, 5.74) is 7.16. The molecule has 1 N–H and O–H groups in total. The topological polar surface area (TPSA) is 56.6 Å². The molecule has 6 nitrogen and oxygen atoms in total. The zero-order chi connectivity index (χ0) is 27.9. The van der Waals surface area contributed by atoms with Gasteiger partial charge in [-0.05, 0) is 60.4 Å². The van der Waals surface area contributed by atoms with Gasteiger partial charge in [0, 0.05) is 36.9 Å². The Kier molecular flexibility index (Phi) is 6.91. The Morgan fingerprint density at radius 1 is 0.854 bits per heavy atom. The molecule has 0 spiro atoms. The van der Waals surface area contributed by atoms with Gasteiger partial charge in [-0.3, -0.25) is 9.47 Å². The molecular weight excluding hydrogens is 553 g/mol. The van der Waals surface area contributed by atoms with Gasteiger partial charge in [0.2, 0.25) is 0 Å². The summed E-state index contributed by atoms with van der Waals surface area (Å²) in [6, 6.07) is 30.9. The van der Waals surface area contributed by atoms with Crippen molar-refractivity contribution in [3.05, 3.63) is 128 Å². The predicted molar refractivity (Wildman–Crippen MR) is 168 cm³/mol. The largest absolute Gasteiger partial charge is 0.326 e. The van der Waals surface area contributed by atoms with E-state index in [1.807, 2.05) is 59.2 Å². The number of fused-ring (bicyclic) bond motifs is 2. The molecule has 0 aliphatic carbocycles. The van der Waals surface area contributed by atoms with Gasteiger partial charge in [-0.1, -0.05) is 77.8 Å². The molecular formula is C33H29Cl2N5O. The number of halogens is 2. The molecule has 5 aromatic rings. The van der Waals surface area contributed by atoms with Crippen LogP contribution in [0.2, 0.25) is 10.0 Å². The van der Waals surface area contributed by atoms with E-state index in [1.165, 1.54) is 5.56 Å². The van der Waals surface area contributed by atoms with Gasteiger partial charge in [-0.15, -0.1) is 0 Å². The van der Waals surface area contributed by atoms with Crippen LogP contribution in [0.4, 0.5) is 11.4 Å². The van der Waals surface area contributed by atoms with Crippen molar-refractivity contribution in [1.82, 2.24) is 14.5 Å². The van der Waals surface area contributed by atoms with Crippen molar-refractivity contribution in [2.75, 3.05) is 18.0 Å². The molecule has 0 unspecified atom stereocenters. The Labute approximate surface area is 248 Å². The number of aromatic amines is 1. The van der Waals surface area contributed by atoms with Crippen molar-refractivity contribution in [2.24, 2.45) is 4.99 Å². The van der Waals surface area contributed by atoms with E-state index in [4.69, 9.17) is 28.2 Å². The summed E-state index contributed by atoms with van der Waals surface area (Å²) >= 11 is 12.7. The Morgan fingerprint density at radius 3 is 2.34 bits per heavy atom. The minimum absolute atomic E-state index is 0.0107. The molecule has 4 aromatic carbocycles. The molecule has 0 radical (unpaired) electrons. The minimum Gasteiger partial charge on any atom is -0.321 e. The highest BCUT2D eigenvalue weighted by molar-refractivity contribution is 6.42. The number of aliphatic imine (C=N–C) groups is 1. The number of nitrogens with one attached hydrogen (secondary N) is 1. The van der Waals surface area contributed by atoms with Crippen LogP contribution in [0.25, 0.3) is 11.0 Å². The quantitative estimate of drug-likeness (QED) is 0.233. The molecule has 7 rings (SSSR count). The second-order valence-electron chi connectivity index (χ2n) is 10.8. The van der Waals surface area contributed by atoms with E-state index >= 15 is 0 Å². The third-order valence-electron chi connectivity index (χ3n) is 8.16. The molecule has 0 saturated carbocycles. The number of imidazole rings is 1. The molecule has 3 heterocycles. The lowest BCUT2D eigenvalue weighted by Crippen LogP contribution is -2.36. The summed E-state index contributed by atoms with van der Waals surface area (Å²) in [7, 11) is 0. The van der Waals surface area contributed by atoms with Crippen LogP contribution in [0.5, 0.6) is 0 Å². The van der Waals surface area contributed by atoms with Crippen molar-refractivity contribution >= 4 is 51.4 Å². The van der Waals surface area contributed by atoms with E-state index in [0.29, 0.717) is 16.6 Å². The fraction of sp³-hybridized carbons (Fsp3) is 0.212. The molecule has 41 heavy (non-hydrogen) atoms. The maximum Gasteiger partial charge on any atom is 0.326 e.